The molecular formula is C13H14IN3O. The van der Waals surface area contributed by atoms with E-state index in [0.29, 0.717) is 11.6 Å². The fourth-order valence-corrected chi connectivity index (χ4v) is 1.98. The second-order valence-corrected chi connectivity index (χ2v) is 4.97. The highest BCUT2D eigenvalue weighted by Gasteiger charge is 2.18. The van der Waals surface area contributed by atoms with E-state index in [0.717, 1.165) is 14.8 Å². The van der Waals surface area contributed by atoms with Crippen molar-refractivity contribution in [3.8, 4) is 0 Å². The van der Waals surface area contributed by atoms with Gasteiger partial charge in [0.25, 0.3) is 0 Å². The molecule has 0 radical (unpaired) electrons. The molecule has 1 atom stereocenters. The van der Waals surface area contributed by atoms with Crippen molar-refractivity contribution >= 4 is 28.4 Å². The summed E-state index contributed by atoms with van der Waals surface area (Å²) in [5.41, 5.74) is 7.76. The van der Waals surface area contributed by atoms with Gasteiger partial charge in [0.05, 0.1) is 9.26 Å². The summed E-state index contributed by atoms with van der Waals surface area (Å²) in [5, 5.41) is 0. The fourth-order valence-electron chi connectivity index (χ4n) is 1.74. The molecule has 0 amide bonds. The second-order valence-electron chi connectivity index (χ2n) is 3.89. The van der Waals surface area contributed by atoms with Crippen molar-refractivity contribution in [2.45, 2.75) is 13.0 Å². The lowest BCUT2D eigenvalue weighted by atomic mass is 10.1. The van der Waals surface area contributed by atoms with Gasteiger partial charge in [0, 0.05) is 7.11 Å². The van der Waals surface area contributed by atoms with Crippen LogP contribution in [0.4, 0.5) is 5.82 Å². The van der Waals surface area contributed by atoms with Gasteiger partial charge in [-0.1, -0.05) is 30.3 Å². The van der Waals surface area contributed by atoms with E-state index in [1.54, 1.807) is 7.11 Å². The minimum absolute atomic E-state index is 0.288. The maximum Gasteiger partial charge on any atom is 0.164 e. The molecule has 1 unspecified atom stereocenters. The molecule has 0 saturated carbocycles. The monoisotopic (exact) mass is 355 g/mol. The molecular weight excluding hydrogens is 341 g/mol. The van der Waals surface area contributed by atoms with Gasteiger partial charge in [-0.3, -0.25) is 0 Å². The van der Waals surface area contributed by atoms with Crippen LogP contribution in [0.15, 0.2) is 30.3 Å². The molecule has 2 aromatic rings. The number of nitrogens with zero attached hydrogens (tertiary/aromatic N) is 2. The lowest BCUT2D eigenvalue weighted by Crippen LogP contribution is -2.12. The van der Waals surface area contributed by atoms with Crippen LogP contribution < -0.4 is 5.73 Å². The number of benzene rings is 1. The average molecular weight is 355 g/mol. The molecule has 1 aromatic heterocycles. The molecule has 0 spiro atoms. The number of hydrogen-bond donors (Lipinski definition) is 1. The first-order valence-electron chi connectivity index (χ1n) is 5.50. The summed E-state index contributed by atoms with van der Waals surface area (Å²) in [7, 11) is 1.64. The summed E-state index contributed by atoms with van der Waals surface area (Å²) in [6, 6.07) is 9.86. The molecule has 0 aliphatic carbocycles. The summed E-state index contributed by atoms with van der Waals surface area (Å²) in [6.45, 7) is 1.92. The highest BCUT2D eigenvalue weighted by molar-refractivity contribution is 14.1. The molecule has 1 heterocycles. The Balaban J connectivity index is 2.46. The largest absolute Gasteiger partial charge is 0.383 e. The van der Waals surface area contributed by atoms with Crippen LogP contribution in [0.25, 0.3) is 0 Å². The SMILES string of the molecule is COC(c1ccccc1)c1nc(C)c(I)c(N)n1. The summed E-state index contributed by atoms with van der Waals surface area (Å²) < 4.78 is 6.38. The van der Waals surface area contributed by atoms with Crippen LogP contribution in [-0.4, -0.2) is 17.1 Å². The summed E-state index contributed by atoms with van der Waals surface area (Å²) in [5.74, 6) is 1.09. The van der Waals surface area contributed by atoms with Gasteiger partial charge in [-0.2, -0.15) is 0 Å². The Kier molecular flexibility index (Phi) is 4.13. The van der Waals surface area contributed by atoms with E-state index < -0.39 is 0 Å². The number of anilines is 1. The quantitative estimate of drug-likeness (QED) is 0.861. The summed E-state index contributed by atoms with van der Waals surface area (Å²) in [4.78, 5) is 8.77. The van der Waals surface area contributed by atoms with Gasteiger partial charge in [-0.25, -0.2) is 9.97 Å². The number of aryl methyl sites for hydroxylation is 1. The third kappa shape index (κ3) is 2.62. The minimum atomic E-state index is -0.288. The van der Waals surface area contributed by atoms with Crippen LogP contribution in [0.5, 0.6) is 0 Å². The Morgan fingerprint density at radius 1 is 1.22 bits per heavy atom. The number of halogens is 1. The van der Waals surface area contributed by atoms with E-state index in [1.807, 2.05) is 37.3 Å². The number of nitrogen functional groups attached to an aromatic ring is 1. The Bertz CT molecular complexity index is 522. The van der Waals surface area contributed by atoms with Gasteiger partial charge < -0.3 is 10.5 Å². The zero-order valence-corrected chi connectivity index (χ0v) is 12.4. The van der Waals surface area contributed by atoms with Crippen molar-refractivity contribution in [3.05, 3.63) is 51.0 Å². The van der Waals surface area contributed by atoms with E-state index in [-0.39, 0.29) is 6.10 Å². The number of nitrogens with two attached hydrogens (primary N) is 1. The second kappa shape index (κ2) is 5.62. The van der Waals surface area contributed by atoms with Crippen LogP contribution in [0, 0.1) is 10.5 Å². The minimum Gasteiger partial charge on any atom is -0.383 e. The molecule has 0 aliphatic rings. The van der Waals surface area contributed by atoms with Crippen LogP contribution in [-0.2, 0) is 4.74 Å². The van der Waals surface area contributed by atoms with Crippen LogP contribution >= 0.6 is 22.6 Å². The predicted molar refractivity (Wildman–Crippen MR) is 79.2 cm³/mol. The number of aromatic nitrogens is 2. The van der Waals surface area contributed by atoms with Gasteiger partial charge in [0.2, 0.25) is 0 Å². The molecule has 18 heavy (non-hydrogen) atoms. The van der Waals surface area contributed by atoms with Crippen molar-refractivity contribution in [1.82, 2.24) is 9.97 Å². The Morgan fingerprint density at radius 3 is 2.44 bits per heavy atom. The Morgan fingerprint density at radius 2 is 1.89 bits per heavy atom. The molecule has 0 aliphatic heterocycles. The van der Waals surface area contributed by atoms with E-state index in [1.165, 1.54) is 0 Å². The number of rotatable bonds is 3. The smallest absolute Gasteiger partial charge is 0.164 e. The summed E-state index contributed by atoms with van der Waals surface area (Å²) in [6.07, 6.45) is -0.288. The lowest BCUT2D eigenvalue weighted by molar-refractivity contribution is 0.129. The third-order valence-corrected chi connectivity index (χ3v) is 3.97. The number of methoxy groups -OCH3 is 1. The molecule has 94 valence electrons. The molecule has 2 rings (SSSR count). The molecule has 2 N–H and O–H groups in total. The van der Waals surface area contributed by atoms with E-state index in [9.17, 15) is 0 Å². The number of hydrogen-bond acceptors (Lipinski definition) is 4. The zero-order valence-electron chi connectivity index (χ0n) is 10.2. The Hall–Kier alpha value is -1.21. The first-order valence-corrected chi connectivity index (χ1v) is 6.58. The molecule has 0 bridgehead atoms. The van der Waals surface area contributed by atoms with Gasteiger partial charge >= 0.3 is 0 Å². The summed E-state index contributed by atoms with van der Waals surface area (Å²) >= 11 is 2.14. The predicted octanol–water partition coefficient (Wildman–Crippen LogP) is 2.71. The molecule has 0 fully saturated rings. The van der Waals surface area contributed by atoms with Gasteiger partial charge in [0.15, 0.2) is 5.82 Å². The molecule has 1 aromatic carbocycles. The van der Waals surface area contributed by atoms with Crippen molar-refractivity contribution in [2.75, 3.05) is 12.8 Å². The molecule has 0 saturated heterocycles. The first-order chi connectivity index (χ1) is 8.63. The standard InChI is InChI=1S/C13H14IN3O/c1-8-10(14)12(15)17-13(16-8)11(18-2)9-6-4-3-5-7-9/h3-7,11H,1-2H3,(H2,15,16,17). The van der Waals surface area contributed by atoms with Crippen LogP contribution in [0.3, 0.4) is 0 Å². The van der Waals surface area contributed by atoms with Crippen molar-refractivity contribution in [1.29, 1.82) is 0 Å². The topological polar surface area (TPSA) is 61.0 Å². The van der Waals surface area contributed by atoms with Crippen molar-refractivity contribution in [3.63, 3.8) is 0 Å². The van der Waals surface area contributed by atoms with E-state index >= 15 is 0 Å². The number of ether oxygens (including phenoxy) is 1. The molecule has 4 nitrogen and oxygen atoms in total. The zero-order chi connectivity index (χ0) is 13.1. The first kappa shape index (κ1) is 13.2. The van der Waals surface area contributed by atoms with Gasteiger partial charge in [-0.05, 0) is 35.1 Å². The van der Waals surface area contributed by atoms with Gasteiger partial charge in [0.1, 0.15) is 11.9 Å². The maximum absolute atomic E-state index is 5.88. The lowest BCUT2D eigenvalue weighted by Gasteiger charge is -2.15. The van der Waals surface area contributed by atoms with Gasteiger partial charge in [-0.15, -0.1) is 0 Å². The normalized spacial score (nSPS) is 12.4. The third-order valence-electron chi connectivity index (χ3n) is 2.63. The average Bonchev–Trinajstić information content (AvgIpc) is 2.38. The van der Waals surface area contributed by atoms with E-state index in [2.05, 4.69) is 32.6 Å². The maximum atomic E-state index is 5.88. The fraction of sp³-hybridized carbons (Fsp3) is 0.231. The molecule has 5 heteroatoms. The Labute approximate surface area is 120 Å². The highest BCUT2D eigenvalue weighted by atomic mass is 127. The van der Waals surface area contributed by atoms with Crippen molar-refractivity contribution in [2.24, 2.45) is 0 Å². The van der Waals surface area contributed by atoms with Crippen LogP contribution in [0.1, 0.15) is 23.2 Å². The highest BCUT2D eigenvalue weighted by Crippen LogP contribution is 2.25. The van der Waals surface area contributed by atoms with E-state index in [4.69, 9.17) is 10.5 Å². The van der Waals surface area contributed by atoms with Crippen molar-refractivity contribution < 1.29 is 4.74 Å². The van der Waals surface area contributed by atoms with Crippen LogP contribution in [0.2, 0.25) is 0 Å².